The second-order valence-corrected chi connectivity index (χ2v) is 4.29. The Labute approximate surface area is 102 Å². The average molecular weight is 236 g/mol. The highest BCUT2D eigenvalue weighted by atomic mass is 16.5. The fraction of sp³-hybridized carbons (Fsp3) is 0.462. The van der Waals surface area contributed by atoms with Gasteiger partial charge in [-0.1, -0.05) is 12.1 Å². The predicted molar refractivity (Wildman–Crippen MR) is 68.4 cm³/mol. The van der Waals surface area contributed by atoms with E-state index < -0.39 is 0 Å². The quantitative estimate of drug-likeness (QED) is 0.791. The third kappa shape index (κ3) is 4.07. The largest absolute Gasteiger partial charge is 0.399 e. The number of nitrogen functional groups attached to an aromatic ring is 1. The molecule has 4 heteroatoms. The molecule has 0 spiro atoms. The molecule has 0 unspecified atom stereocenters. The van der Waals surface area contributed by atoms with E-state index in [1.165, 1.54) is 7.11 Å². The second kappa shape index (κ2) is 6.25. The van der Waals surface area contributed by atoms with E-state index in [1.54, 1.807) is 4.90 Å². The van der Waals surface area contributed by atoms with Crippen molar-refractivity contribution in [3.63, 3.8) is 0 Å². The molecule has 17 heavy (non-hydrogen) atoms. The van der Waals surface area contributed by atoms with E-state index in [-0.39, 0.29) is 18.6 Å². The van der Waals surface area contributed by atoms with Crippen molar-refractivity contribution in [2.24, 2.45) is 0 Å². The first kappa shape index (κ1) is 13.5. The van der Waals surface area contributed by atoms with Gasteiger partial charge in [0.25, 0.3) is 0 Å². The minimum atomic E-state index is -0.00933. The first-order chi connectivity index (χ1) is 8.04. The maximum Gasteiger partial charge on any atom is 0.249 e. The Morgan fingerprint density at radius 3 is 2.71 bits per heavy atom. The molecule has 0 saturated carbocycles. The number of carbonyl (C=O) groups excluding carboxylic acids is 1. The molecule has 0 bridgehead atoms. The lowest BCUT2D eigenvalue weighted by Gasteiger charge is -2.26. The number of nitrogens with two attached hydrogens (primary N) is 1. The van der Waals surface area contributed by atoms with Crippen LogP contribution < -0.4 is 5.73 Å². The van der Waals surface area contributed by atoms with Crippen molar-refractivity contribution in [3.05, 3.63) is 29.8 Å². The smallest absolute Gasteiger partial charge is 0.249 e. The van der Waals surface area contributed by atoms with Crippen LogP contribution in [0.25, 0.3) is 0 Å². The molecule has 2 N–H and O–H groups in total. The maximum atomic E-state index is 11.8. The van der Waals surface area contributed by atoms with Gasteiger partial charge in [-0.15, -0.1) is 0 Å². The zero-order chi connectivity index (χ0) is 12.8. The topological polar surface area (TPSA) is 55.6 Å². The minimum Gasteiger partial charge on any atom is -0.399 e. The molecule has 0 saturated heterocycles. The van der Waals surface area contributed by atoms with Crippen LogP contribution in [-0.2, 0) is 16.1 Å². The number of benzene rings is 1. The normalized spacial score (nSPS) is 10.6. The zero-order valence-corrected chi connectivity index (χ0v) is 10.6. The molecule has 1 rings (SSSR count). The summed E-state index contributed by atoms with van der Waals surface area (Å²) in [6.07, 6.45) is 0. The summed E-state index contributed by atoms with van der Waals surface area (Å²) in [7, 11) is 1.52. The van der Waals surface area contributed by atoms with E-state index in [0.29, 0.717) is 12.2 Å². The molecule has 0 atom stereocenters. The van der Waals surface area contributed by atoms with E-state index in [2.05, 4.69) is 0 Å². The van der Waals surface area contributed by atoms with Crippen molar-refractivity contribution in [2.75, 3.05) is 19.5 Å². The number of nitrogens with zero attached hydrogens (tertiary/aromatic N) is 1. The molecule has 0 aliphatic heterocycles. The number of methoxy groups -OCH3 is 1. The number of carbonyl (C=O) groups is 1. The molecule has 0 radical (unpaired) electrons. The third-order valence-corrected chi connectivity index (χ3v) is 2.52. The average Bonchev–Trinajstić information content (AvgIpc) is 2.26. The first-order valence-electron chi connectivity index (χ1n) is 5.67. The van der Waals surface area contributed by atoms with Crippen molar-refractivity contribution in [3.8, 4) is 0 Å². The van der Waals surface area contributed by atoms with Crippen LogP contribution >= 0.6 is 0 Å². The van der Waals surface area contributed by atoms with Crippen molar-refractivity contribution >= 4 is 11.6 Å². The van der Waals surface area contributed by atoms with Gasteiger partial charge in [-0.25, -0.2) is 0 Å². The van der Waals surface area contributed by atoms with E-state index in [4.69, 9.17) is 10.5 Å². The highest BCUT2D eigenvalue weighted by Gasteiger charge is 2.16. The van der Waals surface area contributed by atoms with Crippen molar-refractivity contribution < 1.29 is 9.53 Å². The van der Waals surface area contributed by atoms with E-state index in [9.17, 15) is 4.79 Å². The lowest BCUT2D eigenvalue weighted by atomic mass is 10.1. The van der Waals surface area contributed by atoms with E-state index in [0.717, 1.165) is 5.56 Å². The summed E-state index contributed by atoms with van der Waals surface area (Å²) < 4.78 is 4.88. The van der Waals surface area contributed by atoms with E-state index >= 15 is 0 Å². The fourth-order valence-corrected chi connectivity index (χ4v) is 1.65. The molecule has 1 aromatic carbocycles. The summed E-state index contributed by atoms with van der Waals surface area (Å²) in [4.78, 5) is 13.6. The fourth-order valence-electron chi connectivity index (χ4n) is 1.65. The van der Waals surface area contributed by atoms with Crippen LogP contribution in [0.3, 0.4) is 0 Å². The van der Waals surface area contributed by atoms with E-state index in [1.807, 2.05) is 38.1 Å². The van der Waals surface area contributed by atoms with Gasteiger partial charge in [-0.2, -0.15) is 0 Å². The van der Waals surface area contributed by atoms with Gasteiger partial charge in [0.15, 0.2) is 0 Å². The molecule has 1 aromatic rings. The summed E-state index contributed by atoms with van der Waals surface area (Å²) in [5, 5.41) is 0. The molecular weight excluding hydrogens is 216 g/mol. The van der Waals surface area contributed by atoms with Gasteiger partial charge in [0.1, 0.15) is 6.61 Å². The van der Waals surface area contributed by atoms with Crippen LogP contribution in [0.15, 0.2) is 24.3 Å². The minimum absolute atomic E-state index is 0.00933. The number of hydrogen-bond donors (Lipinski definition) is 1. The van der Waals surface area contributed by atoms with Crippen LogP contribution in [0.1, 0.15) is 19.4 Å². The summed E-state index contributed by atoms with van der Waals surface area (Å²) in [6, 6.07) is 7.71. The molecule has 94 valence electrons. The highest BCUT2D eigenvalue weighted by molar-refractivity contribution is 5.77. The van der Waals surface area contributed by atoms with Gasteiger partial charge in [0.05, 0.1) is 0 Å². The standard InChI is InChI=1S/C13H20N2O2/c1-10(2)15(13(16)9-17-3)8-11-5-4-6-12(14)7-11/h4-7,10H,8-9,14H2,1-3H3. The second-order valence-electron chi connectivity index (χ2n) is 4.29. The molecule has 0 fully saturated rings. The Balaban J connectivity index is 2.76. The first-order valence-corrected chi connectivity index (χ1v) is 5.67. The lowest BCUT2D eigenvalue weighted by molar-refractivity contribution is -0.137. The maximum absolute atomic E-state index is 11.8. The number of ether oxygens (including phenoxy) is 1. The summed E-state index contributed by atoms with van der Waals surface area (Å²) in [5.74, 6) is -0.00933. The van der Waals surface area contributed by atoms with Crippen LogP contribution in [0, 0.1) is 0 Å². The van der Waals surface area contributed by atoms with Gasteiger partial charge in [-0.3, -0.25) is 4.79 Å². The Morgan fingerprint density at radius 2 is 2.18 bits per heavy atom. The zero-order valence-electron chi connectivity index (χ0n) is 10.6. The molecule has 0 aliphatic carbocycles. The van der Waals surface area contributed by atoms with Gasteiger partial charge < -0.3 is 15.4 Å². The SMILES string of the molecule is COCC(=O)N(Cc1cccc(N)c1)C(C)C. The molecule has 0 aliphatic rings. The molecular formula is C13H20N2O2. The van der Waals surface area contributed by atoms with Crippen molar-refractivity contribution in [1.82, 2.24) is 4.90 Å². The number of hydrogen-bond acceptors (Lipinski definition) is 3. The highest BCUT2D eigenvalue weighted by Crippen LogP contribution is 2.12. The molecule has 0 aromatic heterocycles. The molecule has 1 amide bonds. The molecule has 0 heterocycles. The van der Waals surface area contributed by atoms with Crippen molar-refractivity contribution in [2.45, 2.75) is 26.4 Å². The van der Waals surface area contributed by atoms with Crippen LogP contribution in [-0.4, -0.2) is 30.6 Å². The summed E-state index contributed by atoms with van der Waals surface area (Å²) in [6.45, 7) is 4.64. The monoisotopic (exact) mass is 236 g/mol. The van der Waals surface area contributed by atoms with Crippen molar-refractivity contribution in [1.29, 1.82) is 0 Å². The van der Waals surface area contributed by atoms with Crippen LogP contribution in [0.2, 0.25) is 0 Å². The number of rotatable bonds is 5. The summed E-state index contributed by atoms with van der Waals surface area (Å²) in [5.41, 5.74) is 7.46. The predicted octanol–water partition coefficient (Wildman–Crippen LogP) is 1.65. The van der Waals surface area contributed by atoms with Gasteiger partial charge >= 0.3 is 0 Å². The van der Waals surface area contributed by atoms with Gasteiger partial charge in [0.2, 0.25) is 5.91 Å². The van der Waals surface area contributed by atoms with Crippen LogP contribution in [0.5, 0.6) is 0 Å². The number of anilines is 1. The Bertz CT molecular complexity index is 377. The van der Waals surface area contributed by atoms with Gasteiger partial charge in [0, 0.05) is 25.4 Å². The third-order valence-electron chi connectivity index (χ3n) is 2.52. The summed E-state index contributed by atoms with van der Waals surface area (Å²) >= 11 is 0. The number of amides is 1. The molecule has 4 nitrogen and oxygen atoms in total. The Morgan fingerprint density at radius 1 is 1.47 bits per heavy atom. The lowest BCUT2D eigenvalue weighted by Crippen LogP contribution is -2.38. The Kier molecular flexibility index (Phi) is 4.97. The Hall–Kier alpha value is -1.55. The van der Waals surface area contributed by atoms with Gasteiger partial charge in [-0.05, 0) is 31.5 Å². The van der Waals surface area contributed by atoms with Crippen LogP contribution in [0.4, 0.5) is 5.69 Å².